The molecule has 146 valence electrons. The van der Waals surface area contributed by atoms with Gasteiger partial charge in [0, 0.05) is 16.1 Å². The zero-order chi connectivity index (χ0) is 20.4. The highest BCUT2D eigenvalue weighted by Gasteiger charge is 2.22. The summed E-state index contributed by atoms with van der Waals surface area (Å²) in [6.45, 7) is 6.28. The highest BCUT2D eigenvalue weighted by molar-refractivity contribution is 6.42. The number of carbonyl (C=O) groups excluding carboxylic acids is 1. The third-order valence-corrected chi connectivity index (χ3v) is 5.57. The van der Waals surface area contributed by atoms with Crippen LogP contribution in [-0.2, 0) is 11.3 Å². The lowest BCUT2D eigenvalue weighted by atomic mass is 10.0. The molecule has 0 aliphatic rings. The Kier molecular flexibility index (Phi) is 6.33. The molecule has 0 aliphatic carbocycles. The number of ether oxygens (including phenoxy) is 1. The Morgan fingerprint density at radius 2 is 1.75 bits per heavy atom. The number of benzene rings is 2. The van der Waals surface area contributed by atoms with Crippen LogP contribution >= 0.6 is 34.8 Å². The van der Waals surface area contributed by atoms with Crippen molar-refractivity contribution < 1.29 is 9.53 Å². The van der Waals surface area contributed by atoms with Crippen LogP contribution in [0.15, 0.2) is 36.4 Å². The molecule has 0 saturated carbocycles. The van der Waals surface area contributed by atoms with Crippen LogP contribution in [-0.4, -0.2) is 22.4 Å². The number of hydrogen-bond acceptors (Lipinski definition) is 3. The lowest BCUT2D eigenvalue weighted by molar-refractivity contribution is 0.0517. The van der Waals surface area contributed by atoms with Crippen molar-refractivity contribution in [3.8, 4) is 11.3 Å². The number of aryl methyl sites for hydroxylation is 1. The summed E-state index contributed by atoms with van der Waals surface area (Å²) in [7, 11) is 0. The van der Waals surface area contributed by atoms with Gasteiger partial charge in [-0.05, 0) is 56.2 Å². The van der Waals surface area contributed by atoms with Crippen molar-refractivity contribution in [1.29, 1.82) is 0 Å². The summed E-state index contributed by atoms with van der Waals surface area (Å²) < 4.78 is 6.95. The second kappa shape index (κ2) is 8.56. The average Bonchev–Trinajstić information content (AvgIpc) is 2.97. The second-order valence-corrected chi connectivity index (χ2v) is 7.63. The number of aromatic nitrogens is 2. The van der Waals surface area contributed by atoms with Gasteiger partial charge in [-0.25, -0.2) is 4.79 Å². The van der Waals surface area contributed by atoms with Crippen molar-refractivity contribution in [3.63, 3.8) is 0 Å². The Balaban J connectivity index is 2.13. The van der Waals surface area contributed by atoms with Gasteiger partial charge in [0.2, 0.25) is 0 Å². The number of rotatable bonds is 5. The predicted molar refractivity (Wildman–Crippen MR) is 114 cm³/mol. The van der Waals surface area contributed by atoms with Gasteiger partial charge in [-0.3, -0.25) is 4.68 Å². The van der Waals surface area contributed by atoms with E-state index in [1.165, 1.54) is 0 Å². The van der Waals surface area contributed by atoms with Crippen LogP contribution < -0.4 is 0 Å². The van der Waals surface area contributed by atoms with Crippen molar-refractivity contribution >= 4 is 40.8 Å². The first-order valence-electron chi connectivity index (χ1n) is 8.76. The van der Waals surface area contributed by atoms with Gasteiger partial charge in [-0.2, -0.15) is 5.10 Å². The first-order chi connectivity index (χ1) is 13.3. The number of nitrogens with zero attached hydrogens (tertiary/aromatic N) is 2. The molecule has 0 fully saturated rings. The molecule has 0 N–H and O–H groups in total. The molecule has 28 heavy (non-hydrogen) atoms. The first-order valence-corrected chi connectivity index (χ1v) is 9.90. The average molecular weight is 438 g/mol. The molecule has 3 rings (SSSR count). The van der Waals surface area contributed by atoms with Gasteiger partial charge in [-0.1, -0.05) is 46.9 Å². The summed E-state index contributed by atoms with van der Waals surface area (Å²) in [4.78, 5) is 12.4. The molecule has 0 bridgehead atoms. The fraction of sp³-hybridized carbons (Fsp3) is 0.238. The zero-order valence-electron chi connectivity index (χ0n) is 15.7. The summed E-state index contributed by atoms with van der Waals surface area (Å²) >= 11 is 18.4. The summed E-state index contributed by atoms with van der Waals surface area (Å²) in [5.41, 5.74) is 4.65. The molecule has 7 heteroatoms. The number of halogens is 3. The van der Waals surface area contributed by atoms with E-state index in [0.29, 0.717) is 27.3 Å². The Morgan fingerprint density at radius 1 is 1.04 bits per heavy atom. The molecule has 1 aromatic heterocycles. The maximum atomic E-state index is 12.4. The fourth-order valence-electron chi connectivity index (χ4n) is 3.03. The highest BCUT2D eigenvalue weighted by atomic mass is 35.5. The molecule has 0 amide bonds. The second-order valence-electron chi connectivity index (χ2n) is 6.41. The summed E-state index contributed by atoms with van der Waals surface area (Å²) in [5, 5.41) is 6.18. The monoisotopic (exact) mass is 436 g/mol. The first kappa shape index (κ1) is 20.7. The summed E-state index contributed by atoms with van der Waals surface area (Å²) in [6.07, 6.45) is 0. The molecule has 0 atom stereocenters. The van der Waals surface area contributed by atoms with Crippen LogP contribution in [0.1, 0.15) is 34.1 Å². The topological polar surface area (TPSA) is 44.1 Å². The van der Waals surface area contributed by atoms with Crippen molar-refractivity contribution in [1.82, 2.24) is 9.78 Å². The van der Waals surface area contributed by atoms with Crippen molar-refractivity contribution in [3.05, 3.63) is 73.9 Å². The van der Waals surface area contributed by atoms with E-state index in [1.54, 1.807) is 23.7 Å². The van der Waals surface area contributed by atoms with E-state index in [-0.39, 0.29) is 6.61 Å². The highest BCUT2D eigenvalue weighted by Crippen LogP contribution is 2.31. The van der Waals surface area contributed by atoms with E-state index >= 15 is 0 Å². The smallest absolute Gasteiger partial charge is 0.359 e. The molecule has 2 aromatic carbocycles. The van der Waals surface area contributed by atoms with Gasteiger partial charge >= 0.3 is 5.97 Å². The van der Waals surface area contributed by atoms with E-state index in [0.717, 1.165) is 27.9 Å². The maximum Gasteiger partial charge on any atom is 0.359 e. The predicted octanol–water partition coefficient (Wildman–Crippen LogP) is 6.35. The lowest BCUT2D eigenvalue weighted by Gasteiger charge is -2.11. The van der Waals surface area contributed by atoms with E-state index in [2.05, 4.69) is 5.10 Å². The van der Waals surface area contributed by atoms with E-state index in [9.17, 15) is 4.79 Å². The molecule has 0 unspecified atom stereocenters. The third kappa shape index (κ3) is 4.19. The molecule has 4 nitrogen and oxygen atoms in total. The quantitative estimate of drug-likeness (QED) is 0.437. The molecule has 0 saturated heterocycles. The Hall–Kier alpha value is -2.01. The van der Waals surface area contributed by atoms with Crippen LogP contribution in [0.2, 0.25) is 15.1 Å². The van der Waals surface area contributed by atoms with Crippen molar-refractivity contribution in [2.75, 3.05) is 6.61 Å². The zero-order valence-corrected chi connectivity index (χ0v) is 18.0. The fourth-order valence-corrected chi connectivity index (χ4v) is 3.47. The lowest BCUT2D eigenvalue weighted by Crippen LogP contribution is -2.09. The van der Waals surface area contributed by atoms with Crippen LogP contribution in [0.25, 0.3) is 11.3 Å². The van der Waals surface area contributed by atoms with E-state index in [4.69, 9.17) is 39.5 Å². The van der Waals surface area contributed by atoms with Crippen LogP contribution in [0.3, 0.4) is 0 Å². The van der Waals surface area contributed by atoms with Gasteiger partial charge in [-0.15, -0.1) is 0 Å². The number of carbonyl (C=O) groups is 1. The van der Waals surface area contributed by atoms with Gasteiger partial charge in [0.05, 0.1) is 28.9 Å². The van der Waals surface area contributed by atoms with Gasteiger partial charge in [0.15, 0.2) is 5.69 Å². The summed E-state index contributed by atoms with van der Waals surface area (Å²) in [6, 6.07) is 11.2. The van der Waals surface area contributed by atoms with Crippen molar-refractivity contribution in [2.24, 2.45) is 0 Å². The third-order valence-electron chi connectivity index (χ3n) is 4.41. The molecule has 0 aliphatic heterocycles. The molecular formula is C21H19Cl3N2O2. The normalized spacial score (nSPS) is 10.9. The van der Waals surface area contributed by atoms with Gasteiger partial charge < -0.3 is 4.74 Å². The molecule has 0 spiro atoms. The van der Waals surface area contributed by atoms with Crippen molar-refractivity contribution in [2.45, 2.75) is 27.3 Å². The van der Waals surface area contributed by atoms with Gasteiger partial charge in [0.25, 0.3) is 0 Å². The number of hydrogen-bond donors (Lipinski definition) is 0. The largest absolute Gasteiger partial charge is 0.461 e. The van der Waals surface area contributed by atoms with Crippen LogP contribution in [0, 0.1) is 13.8 Å². The minimum Gasteiger partial charge on any atom is -0.461 e. The molecule has 0 radical (unpaired) electrons. The van der Waals surface area contributed by atoms with Crippen LogP contribution in [0.5, 0.6) is 0 Å². The standard InChI is InChI=1S/C21H19Cl3N2O2/c1-4-28-21(27)19-13(3)20(15-6-8-16(22)12(2)9-15)26(25-19)11-14-5-7-17(23)18(24)10-14/h5-10H,4,11H2,1-3H3. The molecular weight excluding hydrogens is 419 g/mol. The Labute approximate surface area is 179 Å². The van der Waals surface area contributed by atoms with Gasteiger partial charge in [0.1, 0.15) is 0 Å². The molecule has 3 aromatic rings. The number of esters is 1. The van der Waals surface area contributed by atoms with Crippen LogP contribution in [0.4, 0.5) is 0 Å². The maximum absolute atomic E-state index is 12.4. The van der Waals surface area contributed by atoms with E-state index in [1.807, 2.05) is 38.1 Å². The summed E-state index contributed by atoms with van der Waals surface area (Å²) in [5.74, 6) is -0.445. The van der Waals surface area contributed by atoms with E-state index < -0.39 is 5.97 Å². The Morgan fingerprint density at radius 3 is 2.39 bits per heavy atom. The Bertz CT molecular complexity index is 1040. The minimum absolute atomic E-state index is 0.285. The SMILES string of the molecule is CCOC(=O)c1nn(Cc2ccc(Cl)c(Cl)c2)c(-c2ccc(Cl)c(C)c2)c1C. The minimum atomic E-state index is -0.445. The molecule has 1 heterocycles.